The van der Waals surface area contributed by atoms with Gasteiger partial charge in [0.05, 0.1) is 6.07 Å². The fourth-order valence-electron chi connectivity index (χ4n) is 2.72. The summed E-state index contributed by atoms with van der Waals surface area (Å²) in [7, 11) is 0. The lowest BCUT2D eigenvalue weighted by atomic mass is 9.85. The molecule has 2 unspecified atom stereocenters. The standard InChI is InChI=1S/C13H24N2O/c1-4-16-9-7-12-6-5-8-13(12,10-14)15-11(2)3/h11-12,15H,4-9H2,1-3H3. The summed E-state index contributed by atoms with van der Waals surface area (Å²) in [6.07, 6.45) is 4.30. The molecule has 0 aromatic carbocycles. The van der Waals surface area contributed by atoms with Crippen molar-refractivity contribution in [1.82, 2.24) is 5.32 Å². The molecular weight excluding hydrogens is 200 g/mol. The van der Waals surface area contributed by atoms with Gasteiger partial charge in [-0.1, -0.05) is 6.42 Å². The smallest absolute Gasteiger partial charge is 0.109 e. The van der Waals surface area contributed by atoms with E-state index in [1.165, 1.54) is 0 Å². The van der Waals surface area contributed by atoms with Gasteiger partial charge in [0.25, 0.3) is 0 Å². The third kappa shape index (κ3) is 3.20. The number of nitrogens with one attached hydrogen (secondary N) is 1. The van der Waals surface area contributed by atoms with Crippen molar-refractivity contribution < 1.29 is 4.74 Å². The van der Waals surface area contributed by atoms with Crippen LogP contribution in [0, 0.1) is 17.2 Å². The average molecular weight is 224 g/mol. The quantitative estimate of drug-likeness (QED) is 0.705. The minimum absolute atomic E-state index is 0.300. The van der Waals surface area contributed by atoms with Crippen LogP contribution in [-0.4, -0.2) is 24.8 Å². The lowest BCUT2D eigenvalue weighted by molar-refractivity contribution is 0.121. The average Bonchev–Trinajstić information content (AvgIpc) is 2.62. The van der Waals surface area contributed by atoms with E-state index in [4.69, 9.17) is 4.74 Å². The molecule has 1 aliphatic carbocycles. The molecule has 1 fully saturated rings. The summed E-state index contributed by atoms with van der Waals surface area (Å²) in [5.74, 6) is 0.450. The molecule has 1 saturated carbocycles. The Labute approximate surface area is 99.2 Å². The molecule has 0 aromatic rings. The Morgan fingerprint density at radius 2 is 2.31 bits per heavy atom. The Morgan fingerprint density at radius 1 is 1.56 bits per heavy atom. The SMILES string of the molecule is CCOCCC1CCCC1(C#N)NC(C)C. The maximum absolute atomic E-state index is 9.44. The molecule has 0 radical (unpaired) electrons. The highest BCUT2D eigenvalue weighted by Crippen LogP contribution is 2.37. The van der Waals surface area contributed by atoms with Gasteiger partial charge < -0.3 is 4.74 Å². The Bertz CT molecular complexity index is 247. The summed E-state index contributed by atoms with van der Waals surface area (Å²) in [5.41, 5.74) is -0.300. The van der Waals surface area contributed by atoms with Gasteiger partial charge >= 0.3 is 0 Å². The van der Waals surface area contributed by atoms with Crippen LogP contribution in [0.1, 0.15) is 46.5 Å². The fourth-order valence-corrected chi connectivity index (χ4v) is 2.72. The second-order valence-corrected chi connectivity index (χ2v) is 4.96. The van der Waals surface area contributed by atoms with Crippen molar-refractivity contribution in [3.8, 4) is 6.07 Å². The second-order valence-electron chi connectivity index (χ2n) is 4.96. The highest BCUT2D eigenvalue weighted by Gasteiger charge is 2.42. The Kier molecular flexibility index (Phi) is 5.24. The van der Waals surface area contributed by atoms with Crippen LogP contribution in [0.3, 0.4) is 0 Å². The van der Waals surface area contributed by atoms with Crippen molar-refractivity contribution in [3.05, 3.63) is 0 Å². The summed E-state index contributed by atoms with van der Waals surface area (Å²) >= 11 is 0. The molecule has 2 atom stereocenters. The molecule has 92 valence electrons. The van der Waals surface area contributed by atoms with E-state index in [0.29, 0.717) is 12.0 Å². The van der Waals surface area contributed by atoms with Crippen LogP contribution in [0.5, 0.6) is 0 Å². The third-order valence-electron chi connectivity index (χ3n) is 3.38. The van der Waals surface area contributed by atoms with Gasteiger partial charge in [-0.3, -0.25) is 5.32 Å². The summed E-state index contributed by atoms with van der Waals surface area (Å²) in [5, 5.41) is 12.9. The molecule has 0 spiro atoms. The molecule has 1 aliphatic rings. The van der Waals surface area contributed by atoms with Crippen molar-refractivity contribution in [2.45, 2.75) is 58.0 Å². The van der Waals surface area contributed by atoms with Crippen molar-refractivity contribution in [3.63, 3.8) is 0 Å². The first-order chi connectivity index (χ1) is 7.64. The first-order valence-corrected chi connectivity index (χ1v) is 6.41. The monoisotopic (exact) mass is 224 g/mol. The highest BCUT2D eigenvalue weighted by molar-refractivity contribution is 5.14. The van der Waals surface area contributed by atoms with Crippen LogP contribution >= 0.6 is 0 Å². The molecule has 0 aliphatic heterocycles. The summed E-state index contributed by atoms with van der Waals surface area (Å²) < 4.78 is 5.40. The molecule has 3 nitrogen and oxygen atoms in total. The molecule has 0 heterocycles. The van der Waals surface area contributed by atoms with E-state index in [-0.39, 0.29) is 5.54 Å². The van der Waals surface area contributed by atoms with E-state index in [1.807, 2.05) is 6.92 Å². The minimum atomic E-state index is -0.300. The Balaban J connectivity index is 2.56. The number of hydrogen-bond acceptors (Lipinski definition) is 3. The minimum Gasteiger partial charge on any atom is -0.382 e. The van der Waals surface area contributed by atoms with Crippen LogP contribution in [0.4, 0.5) is 0 Å². The third-order valence-corrected chi connectivity index (χ3v) is 3.38. The Morgan fingerprint density at radius 3 is 2.88 bits per heavy atom. The number of nitrogens with zero attached hydrogens (tertiary/aromatic N) is 1. The van der Waals surface area contributed by atoms with Gasteiger partial charge in [0.2, 0.25) is 0 Å². The summed E-state index contributed by atoms with van der Waals surface area (Å²) in [6.45, 7) is 7.78. The molecule has 16 heavy (non-hydrogen) atoms. The lowest BCUT2D eigenvalue weighted by Crippen LogP contribution is -2.50. The van der Waals surface area contributed by atoms with Crippen LogP contribution in [0.25, 0.3) is 0 Å². The second kappa shape index (κ2) is 6.22. The topological polar surface area (TPSA) is 45.0 Å². The fraction of sp³-hybridized carbons (Fsp3) is 0.923. The van der Waals surface area contributed by atoms with Gasteiger partial charge in [-0.15, -0.1) is 0 Å². The molecule has 0 saturated heterocycles. The van der Waals surface area contributed by atoms with Crippen LogP contribution in [0.15, 0.2) is 0 Å². The van der Waals surface area contributed by atoms with Crippen LogP contribution < -0.4 is 5.32 Å². The van der Waals surface area contributed by atoms with E-state index in [9.17, 15) is 5.26 Å². The molecular formula is C13H24N2O. The number of hydrogen-bond donors (Lipinski definition) is 1. The summed E-state index contributed by atoms with van der Waals surface area (Å²) in [4.78, 5) is 0. The number of nitriles is 1. The van der Waals surface area contributed by atoms with Crippen molar-refractivity contribution in [2.24, 2.45) is 5.92 Å². The van der Waals surface area contributed by atoms with Crippen molar-refractivity contribution in [2.75, 3.05) is 13.2 Å². The number of ether oxygens (including phenoxy) is 1. The molecule has 0 amide bonds. The largest absolute Gasteiger partial charge is 0.382 e. The number of rotatable bonds is 6. The zero-order chi connectivity index (χ0) is 12.0. The Hall–Kier alpha value is -0.590. The van der Waals surface area contributed by atoms with E-state index in [2.05, 4.69) is 25.2 Å². The first-order valence-electron chi connectivity index (χ1n) is 6.41. The zero-order valence-corrected chi connectivity index (χ0v) is 10.8. The van der Waals surface area contributed by atoms with Gasteiger partial charge in [-0.05, 0) is 46.0 Å². The van der Waals surface area contributed by atoms with E-state index in [1.54, 1.807) is 0 Å². The van der Waals surface area contributed by atoms with E-state index in [0.717, 1.165) is 38.9 Å². The molecule has 1 rings (SSSR count). The predicted molar refractivity (Wildman–Crippen MR) is 65.1 cm³/mol. The molecule has 1 N–H and O–H groups in total. The zero-order valence-electron chi connectivity index (χ0n) is 10.8. The molecule has 0 aromatic heterocycles. The molecule has 3 heteroatoms. The summed E-state index contributed by atoms with van der Waals surface area (Å²) in [6, 6.07) is 2.89. The van der Waals surface area contributed by atoms with Gasteiger partial charge in [0.15, 0.2) is 0 Å². The van der Waals surface area contributed by atoms with Crippen molar-refractivity contribution >= 4 is 0 Å². The van der Waals surface area contributed by atoms with Gasteiger partial charge in [-0.2, -0.15) is 5.26 Å². The van der Waals surface area contributed by atoms with Gasteiger partial charge in [0, 0.05) is 19.3 Å². The van der Waals surface area contributed by atoms with E-state index < -0.39 is 0 Å². The predicted octanol–water partition coefficient (Wildman–Crippen LogP) is 2.47. The van der Waals surface area contributed by atoms with Gasteiger partial charge in [-0.25, -0.2) is 0 Å². The molecule has 0 bridgehead atoms. The van der Waals surface area contributed by atoms with Crippen molar-refractivity contribution in [1.29, 1.82) is 5.26 Å². The van der Waals surface area contributed by atoms with E-state index >= 15 is 0 Å². The highest BCUT2D eigenvalue weighted by atomic mass is 16.5. The van der Waals surface area contributed by atoms with Gasteiger partial charge in [0.1, 0.15) is 5.54 Å². The normalized spacial score (nSPS) is 29.6. The van der Waals surface area contributed by atoms with Crippen LogP contribution in [-0.2, 0) is 4.74 Å². The first kappa shape index (κ1) is 13.5. The maximum Gasteiger partial charge on any atom is 0.109 e. The lowest BCUT2D eigenvalue weighted by Gasteiger charge is -2.32. The van der Waals surface area contributed by atoms with Crippen LogP contribution in [0.2, 0.25) is 0 Å². The maximum atomic E-state index is 9.44.